The molecule has 2 aromatic rings. The normalized spacial score (nSPS) is 11.5. The summed E-state index contributed by atoms with van der Waals surface area (Å²) in [5.41, 5.74) is 1.44. The molecule has 0 spiro atoms. The average molecular weight is 365 g/mol. The van der Waals surface area contributed by atoms with E-state index in [9.17, 15) is 13.2 Å². The molecule has 0 saturated carbocycles. The highest BCUT2D eigenvalue weighted by molar-refractivity contribution is 7.95. The average Bonchev–Trinajstić information content (AvgIpc) is 2.53. The molecular formula is C17H17ClN2O3S. The van der Waals surface area contributed by atoms with Gasteiger partial charge in [0.1, 0.15) is 0 Å². The largest absolute Gasteiger partial charge is 0.345 e. The van der Waals surface area contributed by atoms with Gasteiger partial charge in [-0.2, -0.15) is 0 Å². The minimum Gasteiger partial charge on any atom is -0.345 e. The molecule has 0 aliphatic heterocycles. The van der Waals surface area contributed by atoms with Gasteiger partial charge in [0.2, 0.25) is 0 Å². The summed E-state index contributed by atoms with van der Waals surface area (Å²) in [7, 11) is -0.428. The van der Waals surface area contributed by atoms with Gasteiger partial charge < -0.3 is 4.90 Å². The highest BCUT2D eigenvalue weighted by Gasteiger charge is 2.11. The maximum absolute atomic E-state index is 12.1. The Bertz CT molecular complexity index is 860. The van der Waals surface area contributed by atoms with Crippen LogP contribution in [0.3, 0.4) is 0 Å². The van der Waals surface area contributed by atoms with Gasteiger partial charge in [0.15, 0.2) is 0 Å². The summed E-state index contributed by atoms with van der Waals surface area (Å²) in [5, 5.41) is 1.65. The third-order valence-corrected chi connectivity index (χ3v) is 4.35. The number of carbonyl (C=O) groups excluding carboxylic acids is 1. The van der Waals surface area contributed by atoms with Gasteiger partial charge in [0.25, 0.3) is 15.9 Å². The summed E-state index contributed by atoms with van der Waals surface area (Å²) < 4.78 is 26.7. The fourth-order valence-electron chi connectivity index (χ4n) is 1.91. The number of benzene rings is 2. The molecule has 2 aromatic carbocycles. The monoisotopic (exact) mass is 364 g/mol. The van der Waals surface area contributed by atoms with Crippen LogP contribution in [-0.4, -0.2) is 33.3 Å². The Morgan fingerprint density at radius 2 is 1.79 bits per heavy atom. The van der Waals surface area contributed by atoms with E-state index in [4.69, 9.17) is 11.6 Å². The molecule has 0 aliphatic rings. The third kappa shape index (κ3) is 5.11. The van der Waals surface area contributed by atoms with Crippen molar-refractivity contribution in [2.45, 2.75) is 0 Å². The summed E-state index contributed by atoms with van der Waals surface area (Å²) in [4.78, 5) is 13.3. The second-order valence-corrected chi connectivity index (χ2v) is 7.28. The SMILES string of the molecule is CN(C)C(=O)c1cccc(NS(=O)(=O)/C=C/c2ccc(Cl)cc2)c1. The van der Waals surface area contributed by atoms with E-state index in [0.717, 1.165) is 5.41 Å². The molecule has 0 heterocycles. The lowest BCUT2D eigenvalue weighted by Gasteiger charge is -2.11. The predicted octanol–water partition coefficient (Wildman–Crippen LogP) is 3.45. The second kappa shape index (κ2) is 7.51. The number of amides is 1. The van der Waals surface area contributed by atoms with E-state index >= 15 is 0 Å². The van der Waals surface area contributed by atoms with Gasteiger partial charge in [-0.15, -0.1) is 0 Å². The van der Waals surface area contributed by atoms with Crippen molar-refractivity contribution < 1.29 is 13.2 Å². The molecule has 5 nitrogen and oxygen atoms in total. The number of rotatable bonds is 5. The summed E-state index contributed by atoms with van der Waals surface area (Å²) in [6.45, 7) is 0. The zero-order valence-electron chi connectivity index (χ0n) is 13.2. The molecule has 0 bridgehead atoms. The van der Waals surface area contributed by atoms with Crippen molar-refractivity contribution in [3.63, 3.8) is 0 Å². The molecular weight excluding hydrogens is 348 g/mol. The van der Waals surface area contributed by atoms with Crippen LogP contribution in [0.1, 0.15) is 15.9 Å². The Hall–Kier alpha value is -2.31. The van der Waals surface area contributed by atoms with Gasteiger partial charge >= 0.3 is 0 Å². The molecule has 0 aliphatic carbocycles. The van der Waals surface area contributed by atoms with E-state index in [2.05, 4.69) is 4.72 Å². The van der Waals surface area contributed by atoms with E-state index in [1.165, 1.54) is 17.0 Å². The molecule has 0 unspecified atom stereocenters. The molecule has 2 rings (SSSR count). The number of hydrogen-bond donors (Lipinski definition) is 1. The Morgan fingerprint density at radius 3 is 2.42 bits per heavy atom. The summed E-state index contributed by atoms with van der Waals surface area (Å²) >= 11 is 5.79. The molecule has 126 valence electrons. The number of anilines is 1. The van der Waals surface area contributed by atoms with E-state index in [0.29, 0.717) is 21.8 Å². The van der Waals surface area contributed by atoms with Crippen LogP contribution in [0.15, 0.2) is 53.9 Å². The van der Waals surface area contributed by atoms with Gasteiger partial charge in [-0.3, -0.25) is 9.52 Å². The molecule has 1 N–H and O–H groups in total. The first-order valence-electron chi connectivity index (χ1n) is 7.05. The minimum absolute atomic E-state index is 0.201. The van der Waals surface area contributed by atoms with E-state index in [-0.39, 0.29) is 5.91 Å². The highest BCUT2D eigenvalue weighted by atomic mass is 35.5. The number of hydrogen-bond acceptors (Lipinski definition) is 3. The molecule has 0 atom stereocenters. The number of nitrogens with one attached hydrogen (secondary N) is 1. The van der Waals surface area contributed by atoms with Gasteiger partial charge in [-0.05, 0) is 42.0 Å². The van der Waals surface area contributed by atoms with Gasteiger partial charge in [0.05, 0.1) is 5.41 Å². The number of halogens is 1. The van der Waals surface area contributed by atoms with Crippen LogP contribution in [0.25, 0.3) is 6.08 Å². The van der Waals surface area contributed by atoms with Crippen molar-refractivity contribution >= 4 is 39.3 Å². The second-order valence-electron chi connectivity index (χ2n) is 5.28. The molecule has 0 radical (unpaired) electrons. The number of nitrogens with zero attached hydrogens (tertiary/aromatic N) is 1. The van der Waals surface area contributed by atoms with E-state index in [1.54, 1.807) is 56.6 Å². The first-order chi connectivity index (χ1) is 11.3. The number of carbonyl (C=O) groups is 1. The Balaban J connectivity index is 2.15. The summed E-state index contributed by atoms with van der Waals surface area (Å²) in [6, 6.07) is 13.1. The molecule has 0 aromatic heterocycles. The molecule has 7 heteroatoms. The van der Waals surface area contributed by atoms with Gasteiger partial charge in [-0.1, -0.05) is 29.8 Å². The first-order valence-corrected chi connectivity index (χ1v) is 8.97. The standard InChI is InChI=1S/C17H17ClN2O3S/c1-20(2)17(21)14-4-3-5-16(12-14)19-24(22,23)11-10-13-6-8-15(18)9-7-13/h3-12,19H,1-2H3/b11-10+. The Labute approximate surface area is 146 Å². The van der Waals surface area contributed by atoms with E-state index in [1.807, 2.05) is 0 Å². The predicted molar refractivity (Wildman–Crippen MR) is 97.5 cm³/mol. The lowest BCUT2D eigenvalue weighted by molar-refractivity contribution is 0.0827. The fraction of sp³-hybridized carbons (Fsp3) is 0.118. The van der Waals surface area contributed by atoms with Crippen LogP contribution in [0, 0.1) is 0 Å². The van der Waals surface area contributed by atoms with Crippen LogP contribution in [-0.2, 0) is 10.0 Å². The Kier molecular flexibility index (Phi) is 5.64. The van der Waals surface area contributed by atoms with Crippen molar-refractivity contribution in [2.75, 3.05) is 18.8 Å². The molecule has 1 amide bonds. The molecule has 0 saturated heterocycles. The Morgan fingerprint density at radius 1 is 1.12 bits per heavy atom. The van der Waals surface area contributed by atoms with Crippen molar-refractivity contribution in [1.29, 1.82) is 0 Å². The van der Waals surface area contributed by atoms with Crippen molar-refractivity contribution in [3.8, 4) is 0 Å². The number of sulfonamides is 1. The maximum Gasteiger partial charge on any atom is 0.255 e. The van der Waals surface area contributed by atoms with Crippen LogP contribution >= 0.6 is 11.6 Å². The lowest BCUT2D eigenvalue weighted by atomic mass is 10.2. The van der Waals surface area contributed by atoms with Crippen molar-refractivity contribution in [1.82, 2.24) is 4.90 Å². The van der Waals surface area contributed by atoms with Crippen molar-refractivity contribution in [3.05, 3.63) is 70.1 Å². The fourth-order valence-corrected chi connectivity index (χ4v) is 2.90. The zero-order valence-corrected chi connectivity index (χ0v) is 14.8. The molecule has 24 heavy (non-hydrogen) atoms. The van der Waals surface area contributed by atoms with Gasteiger partial charge in [0, 0.05) is 30.4 Å². The highest BCUT2D eigenvalue weighted by Crippen LogP contribution is 2.15. The first kappa shape index (κ1) is 18.0. The minimum atomic E-state index is -3.69. The summed E-state index contributed by atoms with van der Waals surface area (Å²) in [6.07, 6.45) is 1.47. The smallest absolute Gasteiger partial charge is 0.255 e. The third-order valence-electron chi connectivity index (χ3n) is 3.09. The van der Waals surface area contributed by atoms with Crippen LogP contribution < -0.4 is 4.72 Å². The molecule has 0 fully saturated rings. The van der Waals surface area contributed by atoms with Crippen molar-refractivity contribution in [2.24, 2.45) is 0 Å². The van der Waals surface area contributed by atoms with Crippen LogP contribution in [0.2, 0.25) is 5.02 Å². The van der Waals surface area contributed by atoms with Gasteiger partial charge in [-0.25, -0.2) is 8.42 Å². The lowest BCUT2D eigenvalue weighted by Crippen LogP contribution is -2.21. The van der Waals surface area contributed by atoms with E-state index < -0.39 is 10.0 Å². The maximum atomic E-state index is 12.1. The van der Waals surface area contributed by atoms with Crippen LogP contribution in [0.4, 0.5) is 5.69 Å². The van der Waals surface area contributed by atoms with Crippen LogP contribution in [0.5, 0.6) is 0 Å². The zero-order chi connectivity index (χ0) is 17.7. The summed E-state index contributed by atoms with van der Waals surface area (Å²) in [5.74, 6) is -0.201. The quantitative estimate of drug-likeness (QED) is 0.883. The topological polar surface area (TPSA) is 66.5 Å².